The number of halogens is 4. The molecular weight excluding hydrogens is 1410 g/mol. The van der Waals surface area contributed by atoms with Crippen LogP contribution in [0.1, 0.15) is 36.5 Å². The number of hydrogen-bond donors (Lipinski definition) is 0. The van der Waals surface area contributed by atoms with E-state index in [-0.39, 0.29) is 67.0 Å². The summed E-state index contributed by atoms with van der Waals surface area (Å²) in [6.07, 6.45) is 0. The Bertz CT molecular complexity index is 6050. The van der Waals surface area contributed by atoms with Gasteiger partial charge in [0.25, 0.3) is 0 Å². The molecular formula is C85H65BCl3IN8O2. The Hall–Kier alpha value is -10.2. The molecule has 1 fully saturated rings. The normalized spacial score (nSPS) is 13.2. The Morgan fingerprint density at radius 1 is 0.290 bits per heavy atom. The second-order valence-electron chi connectivity index (χ2n) is 25.6. The van der Waals surface area contributed by atoms with Crippen LogP contribution < -0.4 is 5.46 Å². The van der Waals surface area contributed by atoms with Gasteiger partial charge in [-0.25, -0.2) is 0 Å². The maximum atomic E-state index is 6.57. The Kier molecular flexibility index (Phi) is 17.4. The minimum absolute atomic E-state index is 0. The van der Waals surface area contributed by atoms with Crippen molar-refractivity contribution in [3.63, 3.8) is 0 Å². The summed E-state index contributed by atoms with van der Waals surface area (Å²) in [7, 11) is -0.361. The summed E-state index contributed by atoms with van der Waals surface area (Å²) in [6, 6.07) is 97.8. The lowest BCUT2D eigenvalue weighted by Gasteiger charge is -2.32. The molecule has 0 spiro atoms. The molecule has 0 radical (unpaired) electrons. The minimum Gasteiger partial charge on any atom is -0.399 e. The van der Waals surface area contributed by atoms with Crippen molar-refractivity contribution in [3.8, 4) is 45.5 Å². The fourth-order valence-corrected chi connectivity index (χ4v) is 14.6. The lowest BCUT2D eigenvalue weighted by atomic mass is 9.78. The van der Waals surface area contributed by atoms with Crippen LogP contribution in [0.5, 0.6) is 0 Å². The second-order valence-corrected chi connectivity index (χ2v) is 26.7. The zero-order chi connectivity index (χ0) is 66.4. The second kappa shape index (κ2) is 26.5. The van der Waals surface area contributed by atoms with E-state index in [1.807, 2.05) is 65.2 Å². The summed E-state index contributed by atoms with van der Waals surface area (Å²) < 4.78 is 16.6. The maximum absolute atomic E-state index is 6.57. The lowest BCUT2D eigenvalue weighted by Crippen LogP contribution is -2.41. The van der Waals surface area contributed by atoms with Gasteiger partial charge in [-0.05, 0) is 197 Å². The van der Waals surface area contributed by atoms with Crippen LogP contribution in [0.3, 0.4) is 0 Å². The molecule has 15 heteroatoms. The first-order valence-corrected chi connectivity index (χ1v) is 33.6. The lowest BCUT2D eigenvalue weighted by molar-refractivity contribution is 0.00578. The van der Waals surface area contributed by atoms with Crippen molar-refractivity contribution < 1.29 is 10.7 Å². The molecule has 0 aliphatic carbocycles. The molecule has 5 heterocycles. The smallest absolute Gasteiger partial charge is 0.399 e. The largest absolute Gasteiger partial charge is 0.494 e. The van der Waals surface area contributed by atoms with E-state index in [9.17, 15) is 0 Å². The number of nitrogens with zero attached hydrogens (tertiary/aromatic N) is 8. The van der Waals surface area contributed by atoms with Gasteiger partial charge in [-0.3, -0.25) is 9.13 Å². The van der Waals surface area contributed by atoms with Gasteiger partial charge in [0.05, 0.1) is 33.3 Å². The molecule has 0 unspecified atom stereocenters. The van der Waals surface area contributed by atoms with Crippen molar-refractivity contribution in [3.05, 3.63) is 295 Å². The summed E-state index contributed by atoms with van der Waals surface area (Å²) in [5.41, 5.74) is 9.83. The van der Waals surface area contributed by atoms with Gasteiger partial charge in [-0.2, -0.15) is 29.9 Å². The molecule has 0 bridgehead atoms. The van der Waals surface area contributed by atoms with Crippen LogP contribution in [0.15, 0.2) is 279 Å². The predicted octanol–water partition coefficient (Wildman–Crippen LogP) is 23.3. The van der Waals surface area contributed by atoms with Crippen LogP contribution in [-0.2, 0) is 9.31 Å². The first-order valence-electron chi connectivity index (χ1n) is 32.5. The van der Waals surface area contributed by atoms with Crippen molar-refractivity contribution in [2.75, 3.05) is 0 Å². The SMILES string of the molecule is C.CC1(C)OB(c2cccc(-c3ccc4c5ccccc5c5ccccc5c4c3)c2)OC1(C)C.Clc1nc(-c2cccc(-c3ccc4c5ccccc5c5ccccc5c4c3)c2)nc(-n2c3ccccc3c3ccccc32)n1.Clc1nc(Cl)nc(-n2c3ccccc3c3ccccc32)n1.I.[HH]. The van der Waals surface area contributed by atoms with Gasteiger partial charge in [-0.1, -0.05) is 244 Å². The summed E-state index contributed by atoms with van der Waals surface area (Å²) >= 11 is 18.4. The number of aromatic nitrogens is 8. The molecule has 18 aromatic rings. The molecule has 488 valence electrons. The van der Waals surface area contributed by atoms with Crippen molar-refractivity contribution in [2.24, 2.45) is 0 Å². The van der Waals surface area contributed by atoms with E-state index in [4.69, 9.17) is 49.1 Å². The Morgan fingerprint density at radius 2 is 0.580 bits per heavy atom. The van der Waals surface area contributed by atoms with Crippen LogP contribution in [0.2, 0.25) is 15.9 Å². The number of para-hydroxylation sites is 4. The highest BCUT2D eigenvalue weighted by molar-refractivity contribution is 14.0. The molecule has 1 aliphatic heterocycles. The minimum atomic E-state index is -0.361. The number of benzene rings is 14. The number of hydrogen-bond acceptors (Lipinski definition) is 8. The molecule has 0 saturated carbocycles. The average Bonchev–Trinajstić information content (AvgIpc) is 1.71. The van der Waals surface area contributed by atoms with Crippen molar-refractivity contribution >= 4 is 180 Å². The molecule has 1 aliphatic rings. The molecule has 0 amide bonds. The first kappa shape index (κ1) is 65.8. The van der Waals surface area contributed by atoms with Crippen LogP contribution >= 0.6 is 58.8 Å². The van der Waals surface area contributed by atoms with Crippen molar-refractivity contribution in [1.82, 2.24) is 39.0 Å². The molecule has 14 aromatic carbocycles. The van der Waals surface area contributed by atoms with Gasteiger partial charge in [-0.15, -0.1) is 24.0 Å². The van der Waals surface area contributed by atoms with Gasteiger partial charge in [0.2, 0.25) is 27.7 Å². The van der Waals surface area contributed by atoms with E-state index in [1.54, 1.807) is 0 Å². The molecule has 0 atom stereocenters. The van der Waals surface area contributed by atoms with Gasteiger partial charge < -0.3 is 9.31 Å². The van der Waals surface area contributed by atoms with Crippen molar-refractivity contribution in [2.45, 2.75) is 46.3 Å². The summed E-state index contributed by atoms with van der Waals surface area (Å²) in [4.78, 5) is 26.3. The third kappa shape index (κ3) is 11.6. The molecule has 19 rings (SSSR count). The molecule has 10 nitrogen and oxygen atoms in total. The average molecular weight is 1470 g/mol. The van der Waals surface area contributed by atoms with E-state index in [0.29, 0.717) is 17.7 Å². The quantitative estimate of drug-likeness (QED) is 0.0921. The van der Waals surface area contributed by atoms with Crippen molar-refractivity contribution in [1.29, 1.82) is 0 Å². The van der Waals surface area contributed by atoms with Crippen LogP contribution in [0.25, 0.3) is 154 Å². The predicted molar refractivity (Wildman–Crippen MR) is 431 cm³/mol. The van der Waals surface area contributed by atoms with Crippen LogP contribution in [-0.4, -0.2) is 57.4 Å². The van der Waals surface area contributed by atoms with Gasteiger partial charge in [0.1, 0.15) is 0 Å². The van der Waals surface area contributed by atoms with E-state index in [0.717, 1.165) is 65.8 Å². The Balaban J connectivity index is 0.000000135. The standard InChI is InChI=1S/C39H23ClN4.C30H27BO2.C15H8Cl2N4.CH4.HI.H2/c40-38-41-37(42-39(43-38)44-35-18-7-5-16-32(35)33-17-6-8-19-36(33)44)26-11-9-10-24(22-26)25-20-21-31-29-14-2-1-12-27(29)28-13-3-4-15-30(28)34(31)23-25;1-29(2)30(3,4)33-31(32-29)22-11-9-10-20(18-22)21-16-17-27-25-14-6-5-12-23(25)24-13-7-8-15-26(24)28(27)19-21;16-13-18-14(17)20-15(19-13)21-11-7-3-1-5-9(11)10-6-2-4-8-12(10)21;;;/h1-23H;5-19H,1-4H3;1-8H;1H4;2*1H. The van der Waals surface area contributed by atoms with E-state index in [1.165, 1.54) is 75.8 Å². The zero-order valence-corrected chi connectivity index (χ0v) is 58.7. The number of fused-ring (bicyclic) bond motifs is 18. The van der Waals surface area contributed by atoms with Gasteiger partial charge >= 0.3 is 7.12 Å². The summed E-state index contributed by atoms with van der Waals surface area (Å²) in [5.74, 6) is 1.44. The fraction of sp³-hybridized carbons (Fsp3) is 0.0824. The molecule has 1 saturated heterocycles. The van der Waals surface area contributed by atoms with Gasteiger partial charge in [0.15, 0.2) is 5.82 Å². The molecule has 100 heavy (non-hydrogen) atoms. The topological polar surface area (TPSA) is 106 Å². The van der Waals surface area contributed by atoms with Crippen LogP contribution in [0, 0.1) is 0 Å². The Labute approximate surface area is 611 Å². The Morgan fingerprint density at radius 3 is 0.970 bits per heavy atom. The highest BCUT2D eigenvalue weighted by Gasteiger charge is 2.51. The zero-order valence-electron chi connectivity index (χ0n) is 54.1. The van der Waals surface area contributed by atoms with E-state index in [2.05, 4.69) is 276 Å². The molecule has 0 N–H and O–H groups in total. The van der Waals surface area contributed by atoms with Gasteiger partial charge in [0, 0.05) is 28.5 Å². The van der Waals surface area contributed by atoms with E-state index >= 15 is 0 Å². The fourth-order valence-electron chi connectivity index (χ4n) is 14.1. The third-order valence-corrected chi connectivity index (χ3v) is 19.9. The van der Waals surface area contributed by atoms with E-state index < -0.39 is 0 Å². The third-order valence-electron chi connectivity index (χ3n) is 19.4. The summed E-state index contributed by atoms with van der Waals surface area (Å²) in [5, 5.41) is 20.1. The summed E-state index contributed by atoms with van der Waals surface area (Å²) in [6.45, 7) is 8.37. The highest BCUT2D eigenvalue weighted by Crippen LogP contribution is 2.42. The van der Waals surface area contributed by atoms with Crippen LogP contribution in [0.4, 0.5) is 0 Å². The molecule has 4 aromatic heterocycles. The first-order chi connectivity index (χ1) is 47.8. The highest BCUT2D eigenvalue weighted by atomic mass is 127. The monoisotopic (exact) mass is 1470 g/mol. The maximum Gasteiger partial charge on any atom is 0.494 e. The number of rotatable bonds is 6.